The molecule has 2 aliphatic heterocycles. The Balaban J connectivity index is 1.01. The third-order valence-corrected chi connectivity index (χ3v) is 14.8. The number of piperazine rings is 1. The monoisotopic (exact) mass is 937 g/mol. The van der Waals surface area contributed by atoms with E-state index in [1.807, 2.05) is 99.9 Å². The Bertz CT molecular complexity index is 2610. The maximum absolute atomic E-state index is 13.6. The van der Waals surface area contributed by atoms with Gasteiger partial charge in [0, 0.05) is 88.7 Å². The number of carbonyl (C=O) groups is 1. The first kappa shape index (κ1) is 47.2. The highest BCUT2D eigenvalue weighted by molar-refractivity contribution is 7.99. The van der Waals surface area contributed by atoms with Crippen LogP contribution >= 0.6 is 23.4 Å². The molecule has 2 unspecified atom stereocenters. The highest BCUT2D eigenvalue weighted by Crippen LogP contribution is 2.51. The van der Waals surface area contributed by atoms with Crippen molar-refractivity contribution in [3.05, 3.63) is 159 Å². The fraction of sp³-hybridized carbons (Fsp3) is 0.327. The number of anilines is 4. The zero-order valence-corrected chi connectivity index (χ0v) is 39.6. The van der Waals surface area contributed by atoms with Crippen LogP contribution in [-0.2, 0) is 14.8 Å². The van der Waals surface area contributed by atoms with Crippen LogP contribution in [0.2, 0.25) is 5.02 Å². The van der Waals surface area contributed by atoms with Gasteiger partial charge in [0.2, 0.25) is 0 Å². The molecule has 65 heavy (non-hydrogen) atoms. The Morgan fingerprint density at radius 1 is 0.877 bits per heavy atom. The Labute approximate surface area is 391 Å². The second kappa shape index (κ2) is 20.6. The van der Waals surface area contributed by atoms with Gasteiger partial charge in [-0.25, -0.2) is 13.2 Å². The minimum absolute atomic E-state index is 0.0663. The van der Waals surface area contributed by atoms with E-state index in [0.29, 0.717) is 48.2 Å². The first-order valence-electron chi connectivity index (χ1n) is 21.7. The van der Waals surface area contributed by atoms with Gasteiger partial charge in [0.1, 0.15) is 5.69 Å². The number of nitrogens with zero attached hydrogens (tertiary/aromatic N) is 5. The van der Waals surface area contributed by atoms with Gasteiger partial charge in [0.05, 0.1) is 21.4 Å². The standard InChI is InChI=1S/C49H56ClN7O6S2/c1-33(2)56-34(3)46(49(58)59)47(48(56)35-14-16-37(50)17-15-35)36-10-9-11-41(30-36)55-28-26-54(27-29-55)40-20-18-38(19-21-40)52-65(62,63)43-22-23-44(45(31-43)57(60)61)51-39(24-25-53(4)5)32-64-42-12-7-6-8-13-42/h6-23,30-31,33,39,47-48,51-52H,24-29,32H2,1-5H3,(H,58,59)/t39-,47?,48?/m1/s1. The molecule has 1 saturated heterocycles. The van der Waals surface area contributed by atoms with E-state index in [2.05, 4.69) is 55.6 Å². The number of thioether (sulfide) groups is 1. The molecular formula is C49H56ClN7O6S2. The van der Waals surface area contributed by atoms with Crippen LogP contribution in [0.5, 0.6) is 0 Å². The molecule has 342 valence electrons. The van der Waals surface area contributed by atoms with Crippen molar-refractivity contribution in [3.8, 4) is 0 Å². The maximum atomic E-state index is 13.6. The van der Waals surface area contributed by atoms with Crippen LogP contribution in [0.4, 0.5) is 28.4 Å². The maximum Gasteiger partial charge on any atom is 0.334 e. The van der Waals surface area contributed by atoms with Gasteiger partial charge in [-0.3, -0.25) is 14.8 Å². The van der Waals surface area contributed by atoms with Crippen molar-refractivity contribution in [1.29, 1.82) is 0 Å². The number of halogens is 1. The minimum Gasteiger partial charge on any atom is -0.478 e. The number of hydrogen-bond acceptors (Lipinski definition) is 11. The summed E-state index contributed by atoms with van der Waals surface area (Å²) in [4.78, 5) is 34.3. The fourth-order valence-electron chi connectivity index (χ4n) is 8.84. The van der Waals surface area contributed by atoms with Gasteiger partial charge in [-0.15, -0.1) is 11.8 Å². The van der Waals surface area contributed by atoms with Crippen LogP contribution in [0.15, 0.2) is 142 Å². The lowest BCUT2D eigenvalue weighted by Crippen LogP contribution is -2.46. The molecule has 5 aromatic carbocycles. The molecule has 0 aliphatic carbocycles. The topological polar surface area (TPSA) is 152 Å². The number of aliphatic carboxylic acids is 1. The van der Waals surface area contributed by atoms with Gasteiger partial charge in [0.15, 0.2) is 0 Å². The van der Waals surface area contributed by atoms with Gasteiger partial charge < -0.3 is 30.0 Å². The summed E-state index contributed by atoms with van der Waals surface area (Å²) in [6.07, 6.45) is 0.727. The molecule has 0 radical (unpaired) electrons. The van der Waals surface area contributed by atoms with Crippen LogP contribution in [0.3, 0.4) is 0 Å². The van der Waals surface area contributed by atoms with Gasteiger partial charge in [-0.05, 0) is 132 Å². The zero-order chi connectivity index (χ0) is 46.4. The summed E-state index contributed by atoms with van der Waals surface area (Å²) >= 11 is 7.93. The Morgan fingerprint density at radius 2 is 1.54 bits per heavy atom. The molecule has 2 heterocycles. The van der Waals surface area contributed by atoms with Crippen LogP contribution in [0, 0.1) is 10.1 Å². The summed E-state index contributed by atoms with van der Waals surface area (Å²) in [7, 11) is -0.215. The van der Waals surface area contributed by atoms with Crippen molar-refractivity contribution < 1.29 is 23.2 Å². The molecule has 0 saturated carbocycles. The van der Waals surface area contributed by atoms with Crippen LogP contribution in [-0.4, -0.2) is 98.9 Å². The number of carboxylic acids is 1. The number of hydrogen-bond donors (Lipinski definition) is 3. The van der Waals surface area contributed by atoms with Crippen molar-refractivity contribution in [2.24, 2.45) is 0 Å². The normalized spacial score (nSPS) is 17.2. The van der Waals surface area contributed by atoms with Gasteiger partial charge in [-0.2, -0.15) is 0 Å². The molecule has 0 amide bonds. The molecule has 3 atom stereocenters. The number of nitro groups is 1. The van der Waals surface area contributed by atoms with Crippen molar-refractivity contribution in [2.45, 2.75) is 61.0 Å². The third kappa shape index (κ3) is 11.2. The highest BCUT2D eigenvalue weighted by Gasteiger charge is 2.44. The summed E-state index contributed by atoms with van der Waals surface area (Å²) in [5.74, 6) is -0.659. The molecule has 5 aromatic rings. The summed E-state index contributed by atoms with van der Waals surface area (Å²) in [5.41, 5.74) is 5.32. The number of nitro benzene ring substituents is 1. The molecule has 13 nitrogen and oxygen atoms in total. The molecule has 0 spiro atoms. The number of allylic oxidation sites excluding steroid dienone is 1. The fourth-order valence-corrected chi connectivity index (χ4v) is 11.0. The van der Waals surface area contributed by atoms with Gasteiger partial charge in [-0.1, -0.05) is 54.1 Å². The van der Waals surface area contributed by atoms with Gasteiger partial charge >= 0.3 is 5.97 Å². The predicted molar refractivity (Wildman–Crippen MR) is 263 cm³/mol. The van der Waals surface area contributed by atoms with E-state index in [-0.39, 0.29) is 34.4 Å². The summed E-state index contributed by atoms with van der Waals surface area (Å²) in [6.45, 7) is 9.68. The Kier molecular flexibility index (Phi) is 15.0. The van der Waals surface area contributed by atoms with Gasteiger partial charge in [0.25, 0.3) is 15.7 Å². The van der Waals surface area contributed by atoms with Crippen LogP contribution in [0.25, 0.3) is 0 Å². The van der Waals surface area contributed by atoms with E-state index in [4.69, 9.17) is 11.6 Å². The number of nitrogens with one attached hydrogen (secondary N) is 2. The molecule has 16 heteroatoms. The van der Waals surface area contributed by atoms with Crippen LogP contribution in [0.1, 0.15) is 50.3 Å². The first-order valence-corrected chi connectivity index (χ1v) is 24.5. The number of benzene rings is 5. The van der Waals surface area contributed by atoms with Crippen molar-refractivity contribution in [2.75, 3.05) is 72.4 Å². The van der Waals surface area contributed by atoms with Crippen LogP contribution < -0.4 is 19.8 Å². The zero-order valence-electron chi connectivity index (χ0n) is 37.2. The lowest BCUT2D eigenvalue weighted by Gasteiger charge is -2.38. The van der Waals surface area contributed by atoms with E-state index in [1.165, 1.54) is 12.1 Å². The SMILES string of the molecule is CC1=C(C(=O)O)C(c2cccc(N3CCN(c4ccc(NS(=O)(=O)c5ccc(N[C@H](CCN(C)C)CSc6ccccc6)c([N+](=O)[O-])c5)cc4)CC3)c2)C(c2ccc(Cl)cc2)N1C(C)C. The number of carboxylic acid groups (broad SMARTS) is 1. The van der Waals surface area contributed by atoms with E-state index in [9.17, 15) is 28.4 Å². The second-order valence-electron chi connectivity index (χ2n) is 17.0. The lowest BCUT2D eigenvalue weighted by molar-refractivity contribution is -0.384. The van der Waals surface area contributed by atoms with E-state index >= 15 is 0 Å². The molecule has 2 aliphatic rings. The Hall–Kier alpha value is -5.74. The Morgan fingerprint density at radius 3 is 2.15 bits per heavy atom. The smallest absolute Gasteiger partial charge is 0.334 e. The molecule has 7 rings (SSSR count). The summed E-state index contributed by atoms with van der Waals surface area (Å²) in [5, 5.41) is 26.8. The van der Waals surface area contributed by atoms with Crippen molar-refractivity contribution in [3.63, 3.8) is 0 Å². The quantitative estimate of drug-likeness (QED) is 0.0436. The predicted octanol–water partition coefficient (Wildman–Crippen LogP) is 9.81. The van der Waals surface area contributed by atoms with E-state index in [1.54, 1.807) is 23.9 Å². The van der Waals surface area contributed by atoms with Crippen molar-refractivity contribution >= 4 is 67.8 Å². The number of sulfonamides is 1. The molecular weight excluding hydrogens is 882 g/mol. The highest BCUT2D eigenvalue weighted by atomic mass is 35.5. The third-order valence-electron chi connectivity index (χ3n) is 12.0. The van der Waals surface area contributed by atoms with Crippen molar-refractivity contribution in [1.82, 2.24) is 9.80 Å². The largest absolute Gasteiger partial charge is 0.478 e. The lowest BCUT2D eigenvalue weighted by atomic mass is 9.83. The minimum atomic E-state index is -4.16. The summed E-state index contributed by atoms with van der Waals surface area (Å²) < 4.78 is 29.8. The average molecular weight is 939 g/mol. The molecule has 1 fully saturated rings. The average Bonchev–Trinajstić information content (AvgIpc) is 3.61. The number of rotatable bonds is 18. The second-order valence-corrected chi connectivity index (χ2v) is 20.2. The van der Waals surface area contributed by atoms with E-state index in [0.717, 1.165) is 52.1 Å². The van der Waals surface area contributed by atoms with E-state index < -0.39 is 26.8 Å². The molecule has 0 bridgehead atoms. The molecule has 3 N–H and O–H groups in total. The summed E-state index contributed by atoms with van der Waals surface area (Å²) in [6, 6.07) is 36.7. The molecule has 0 aromatic heterocycles. The first-order chi connectivity index (χ1) is 31.1.